The van der Waals surface area contributed by atoms with Gasteiger partial charge in [0.15, 0.2) is 0 Å². The number of aliphatic hydroxyl groups excluding tert-OH is 1. The Kier molecular flexibility index (Phi) is 15.1. The lowest BCUT2D eigenvalue weighted by molar-refractivity contribution is -0.147. The Hall–Kier alpha value is -4.44. The summed E-state index contributed by atoms with van der Waals surface area (Å²) in [5.74, 6) is -2.19. The zero-order chi connectivity index (χ0) is 30.7. The molecule has 2 aromatic carbocycles. The van der Waals surface area contributed by atoms with Crippen LogP contribution in [0.15, 0.2) is 86.0 Å². The molecule has 3 amide bonds. The van der Waals surface area contributed by atoms with Gasteiger partial charge in [0.2, 0.25) is 11.8 Å². The summed E-state index contributed by atoms with van der Waals surface area (Å²) >= 11 is 0. The third kappa shape index (κ3) is 12.8. The molecule has 0 spiro atoms. The number of allylic oxidation sites excluding steroid dienone is 1. The summed E-state index contributed by atoms with van der Waals surface area (Å²) in [4.78, 5) is 50.9. The molecule has 0 fully saturated rings. The van der Waals surface area contributed by atoms with Gasteiger partial charge in [0.05, 0.1) is 18.6 Å². The number of benzene rings is 2. The monoisotopic (exact) mass is 579 g/mol. The number of rotatable bonds is 18. The van der Waals surface area contributed by atoms with Gasteiger partial charge >= 0.3 is 12.1 Å². The molecule has 42 heavy (non-hydrogen) atoms. The van der Waals surface area contributed by atoms with Crippen molar-refractivity contribution in [3.63, 3.8) is 0 Å². The minimum atomic E-state index is -1.04. The summed E-state index contributed by atoms with van der Waals surface area (Å²) in [5.41, 5.74) is 1.70. The smallest absolute Gasteiger partial charge is 0.408 e. The minimum absolute atomic E-state index is 0.0382. The molecule has 0 aliphatic rings. The third-order valence-electron chi connectivity index (χ3n) is 6.22. The first-order chi connectivity index (χ1) is 20.2. The molecule has 2 rings (SSSR count). The maximum atomic E-state index is 13.2. The fourth-order valence-corrected chi connectivity index (χ4v) is 4.03. The highest BCUT2D eigenvalue weighted by Gasteiger charge is 2.27. The molecule has 4 atom stereocenters. The normalized spacial score (nSPS) is 13.4. The quantitative estimate of drug-likeness (QED) is 0.157. The maximum absolute atomic E-state index is 13.2. The van der Waals surface area contributed by atoms with E-state index in [1.807, 2.05) is 60.7 Å². The fourth-order valence-electron chi connectivity index (χ4n) is 4.03. The van der Waals surface area contributed by atoms with E-state index in [9.17, 15) is 24.3 Å². The number of alkyl carbamates (subject to hydrolysis) is 1. The van der Waals surface area contributed by atoms with Gasteiger partial charge in [-0.25, -0.2) is 9.59 Å². The van der Waals surface area contributed by atoms with E-state index in [1.54, 1.807) is 13.0 Å². The summed E-state index contributed by atoms with van der Waals surface area (Å²) in [6, 6.07) is 16.4. The number of esters is 1. The topological polar surface area (TPSA) is 143 Å². The van der Waals surface area contributed by atoms with Crippen LogP contribution in [0, 0.1) is 5.92 Å². The van der Waals surface area contributed by atoms with Crippen LogP contribution in [-0.4, -0.2) is 60.3 Å². The average Bonchev–Trinajstić information content (AvgIpc) is 2.99. The second-order valence-electron chi connectivity index (χ2n) is 9.88. The SMILES string of the molecule is C=CC[C@H](CC(=O)N[C@@H](C)CO)C(=O)N[C@H](COC(=O)[C@@H](CC=C)NC(=O)OCc1ccccc1)Cc1ccccc1. The van der Waals surface area contributed by atoms with E-state index >= 15 is 0 Å². The zero-order valence-electron chi connectivity index (χ0n) is 24.0. The van der Waals surface area contributed by atoms with E-state index in [4.69, 9.17) is 9.47 Å². The number of hydrogen-bond donors (Lipinski definition) is 4. The van der Waals surface area contributed by atoms with Gasteiger partial charge in [0, 0.05) is 12.5 Å². The van der Waals surface area contributed by atoms with Gasteiger partial charge in [-0.3, -0.25) is 9.59 Å². The molecule has 0 aromatic heterocycles. The Balaban J connectivity index is 2.05. The summed E-state index contributed by atoms with van der Waals surface area (Å²) < 4.78 is 10.8. The molecule has 0 bridgehead atoms. The molecule has 0 aliphatic heterocycles. The van der Waals surface area contributed by atoms with Crippen LogP contribution in [-0.2, 0) is 36.9 Å². The summed E-state index contributed by atoms with van der Waals surface area (Å²) in [7, 11) is 0. The second kappa shape index (κ2) is 18.8. The van der Waals surface area contributed by atoms with Gasteiger partial charge in [0.1, 0.15) is 19.3 Å². The van der Waals surface area contributed by atoms with Crippen LogP contribution in [0.4, 0.5) is 4.79 Å². The van der Waals surface area contributed by atoms with Crippen LogP contribution >= 0.6 is 0 Å². The van der Waals surface area contributed by atoms with E-state index < -0.39 is 42.0 Å². The van der Waals surface area contributed by atoms with E-state index in [1.165, 1.54) is 6.08 Å². The Morgan fingerprint density at radius 2 is 1.48 bits per heavy atom. The van der Waals surface area contributed by atoms with Gasteiger partial charge in [-0.2, -0.15) is 0 Å². The van der Waals surface area contributed by atoms with E-state index in [0.717, 1.165) is 11.1 Å². The molecule has 2 aromatic rings. The Labute approximate surface area is 247 Å². The largest absolute Gasteiger partial charge is 0.462 e. The lowest BCUT2D eigenvalue weighted by atomic mass is 9.98. The highest BCUT2D eigenvalue weighted by atomic mass is 16.6. The molecule has 0 radical (unpaired) electrons. The van der Waals surface area contributed by atoms with Gasteiger partial charge in [-0.05, 0) is 37.3 Å². The molecule has 226 valence electrons. The minimum Gasteiger partial charge on any atom is -0.462 e. The number of amides is 3. The second-order valence-corrected chi connectivity index (χ2v) is 9.88. The average molecular weight is 580 g/mol. The molecule has 4 N–H and O–H groups in total. The fraction of sp³-hybridized carbons (Fsp3) is 0.375. The number of ether oxygens (including phenoxy) is 2. The number of nitrogens with one attached hydrogen (secondary N) is 3. The van der Waals surface area contributed by atoms with Crippen LogP contribution in [0.3, 0.4) is 0 Å². The predicted molar refractivity (Wildman–Crippen MR) is 159 cm³/mol. The van der Waals surface area contributed by atoms with Gasteiger partial charge < -0.3 is 30.5 Å². The third-order valence-corrected chi connectivity index (χ3v) is 6.22. The first kappa shape index (κ1) is 33.8. The lowest BCUT2D eigenvalue weighted by Crippen LogP contribution is -2.47. The first-order valence-corrected chi connectivity index (χ1v) is 13.9. The van der Waals surface area contributed by atoms with Crippen molar-refractivity contribution in [3.8, 4) is 0 Å². The van der Waals surface area contributed by atoms with Crippen LogP contribution in [0.5, 0.6) is 0 Å². The molecular formula is C32H41N3O7. The summed E-state index contributed by atoms with van der Waals surface area (Å²) in [6.45, 7) is 8.63. The van der Waals surface area contributed by atoms with Crippen LogP contribution < -0.4 is 16.0 Å². The molecular weight excluding hydrogens is 538 g/mol. The van der Waals surface area contributed by atoms with E-state index in [0.29, 0.717) is 6.42 Å². The maximum Gasteiger partial charge on any atom is 0.408 e. The number of carbonyl (C=O) groups is 4. The standard InChI is InChI=1S/C32H41N3O7/c1-4-12-26(19-29(37)33-23(3)20-36)30(38)34-27(18-24-14-8-6-9-15-24)22-41-31(39)28(13-5-2)35-32(40)42-21-25-16-10-7-11-17-25/h4-11,14-17,23,26-28,36H,1-2,12-13,18-22H2,3H3,(H,33,37)(H,34,38)(H,35,40)/t23-,26+,27-,28+/m0/s1. The lowest BCUT2D eigenvalue weighted by Gasteiger charge is -2.24. The molecule has 0 unspecified atom stereocenters. The van der Waals surface area contributed by atoms with E-state index in [2.05, 4.69) is 29.1 Å². The Morgan fingerprint density at radius 1 is 0.857 bits per heavy atom. The predicted octanol–water partition coefficient (Wildman–Crippen LogP) is 3.21. The highest BCUT2D eigenvalue weighted by Crippen LogP contribution is 2.13. The summed E-state index contributed by atoms with van der Waals surface area (Å²) in [6.07, 6.45) is 2.87. The number of aliphatic hydroxyl groups is 1. The molecule has 0 aliphatic carbocycles. The Bertz CT molecular complexity index is 1160. The zero-order valence-corrected chi connectivity index (χ0v) is 24.0. The van der Waals surface area contributed by atoms with Gasteiger partial charge in [-0.15, -0.1) is 13.2 Å². The van der Waals surface area contributed by atoms with Crippen molar-refractivity contribution in [3.05, 3.63) is 97.1 Å². The van der Waals surface area contributed by atoms with Crippen LogP contribution in [0.1, 0.15) is 37.3 Å². The van der Waals surface area contributed by atoms with Crippen LogP contribution in [0.25, 0.3) is 0 Å². The first-order valence-electron chi connectivity index (χ1n) is 13.9. The van der Waals surface area contributed by atoms with Crippen LogP contribution in [0.2, 0.25) is 0 Å². The van der Waals surface area contributed by atoms with E-state index in [-0.39, 0.29) is 45.0 Å². The van der Waals surface area contributed by atoms with Crippen molar-refractivity contribution >= 4 is 23.9 Å². The molecule has 0 saturated heterocycles. The van der Waals surface area contributed by atoms with Crippen molar-refractivity contribution in [2.45, 2.75) is 57.3 Å². The number of carbonyl (C=O) groups excluding carboxylic acids is 4. The summed E-state index contributed by atoms with van der Waals surface area (Å²) in [5, 5.41) is 17.3. The molecule has 10 nitrogen and oxygen atoms in total. The molecule has 0 saturated carbocycles. The molecule has 10 heteroatoms. The van der Waals surface area contributed by atoms with Gasteiger partial charge in [0.25, 0.3) is 0 Å². The van der Waals surface area contributed by atoms with Crippen molar-refractivity contribution in [1.82, 2.24) is 16.0 Å². The molecule has 0 heterocycles. The van der Waals surface area contributed by atoms with Gasteiger partial charge in [-0.1, -0.05) is 72.8 Å². The van der Waals surface area contributed by atoms with Crippen molar-refractivity contribution in [1.29, 1.82) is 0 Å². The van der Waals surface area contributed by atoms with Crippen molar-refractivity contribution in [2.24, 2.45) is 5.92 Å². The van der Waals surface area contributed by atoms with Crippen molar-refractivity contribution in [2.75, 3.05) is 13.2 Å². The Morgan fingerprint density at radius 3 is 2.07 bits per heavy atom. The van der Waals surface area contributed by atoms with Crippen molar-refractivity contribution < 1.29 is 33.8 Å². The highest BCUT2D eigenvalue weighted by molar-refractivity contribution is 5.86. The number of hydrogen-bond acceptors (Lipinski definition) is 7.